The quantitative estimate of drug-likeness (QED) is 0.133. The third-order valence-electron chi connectivity index (χ3n) is 6.09. The SMILES string of the molecule is CC(=O)/C=C(/C)O.Cc1ccc(C2(c3ccc(C)cc3)c3ccc[c-]c3-c3ncccc32)cc1.[Pt]. The number of fused-ring (bicyclic) bond motifs is 3. The number of aryl methyl sites for hydroxylation is 2. The fourth-order valence-corrected chi connectivity index (χ4v) is 4.69. The molecule has 0 saturated heterocycles. The van der Waals surface area contributed by atoms with Gasteiger partial charge in [0.15, 0.2) is 5.78 Å². The summed E-state index contributed by atoms with van der Waals surface area (Å²) in [5, 5.41) is 8.36. The number of ketones is 1. The molecule has 35 heavy (non-hydrogen) atoms. The fraction of sp³-hybridized carbons (Fsp3) is 0.161. The van der Waals surface area contributed by atoms with E-state index in [-0.39, 0.29) is 38.0 Å². The summed E-state index contributed by atoms with van der Waals surface area (Å²) >= 11 is 0. The maximum atomic E-state index is 10.0. The second-order valence-corrected chi connectivity index (χ2v) is 8.74. The first-order chi connectivity index (χ1) is 16.3. The van der Waals surface area contributed by atoms with Crippen LogP contribution in [-0.2, 0) is 31.3 Å². The van der Waals surface area contributed by atoms with Crippen LogP contribution in [-0.4, -0.2) is 15.9 Å². The number of rotatable bonds is 3. The molecule has 0 atom stereocenters. The van der Waals surface area contributed by atoms with E-state index in [1.54, 1.807) is 0 Å². The van der Waals surface area contributed by atoms with Gasteiger partial charge in [0.05, 0.1) is 5.76 Å². The molecule has 4 heteroatoms. The van der Waals surface area contributed by atoms with Gasteiger partial charge < -0.3 is 10.1 Å². The van der Waals surface area contributed by atoms with Gasteiger partial charge in [0.2, 0.25) is 0 Å². The van der Waals surface area contributed by atoms with Crippen LogP contribution in [0.3, 0.4) is 0 Å². The Morgan fingerprint density at radius 2 is 1.40 bits per heavy atom. The number of hydrogen-bond donors (Lipinski definition) is 1. The van der Waals surface area contributed by atoms with Crippen LogP contribution in [0.2, 0.25) is 0 Å². The third-order valence-corrected chi connectivity index (χ3v) is 6.09. The maximum Gasteiger partial charge on any atom is 0.155 e. The Balaban J connectivity index is 0.000000378. The Morgan fingerprint density at radius 3 is 1.89 bits per heavy atom. The van der Waals surface area contributed by atoms with Gasteiger partial charge in [-0.2, -0.15) is 0 Å². The van der Waals surface area contributed by atoms with Crippen molar-refractivity contribution < 1.29 is 31.0 Å². The third kappa shape index (κ3) is 5.06. The van der Waals surface area contributed by atoms with E-state index in [9.17, 15) is 4.79 Å². The van der Waals surface area contributed by atoms with Crippen molar-refractivity contribution in [1.29, 1.82) is 0 Å². The minimum atomic E-state index is -0.363. The van der Waals surface area contributed by atoms with E-state index < -0.39 is 0 Å². The number of nitrogens with zero attached hydrogens (tertiary/aromatic N) is 1. The topological polar surface area (TPSA) is 50.2 Å². The molecule has 0 amide bonds. The summed E-state index contributed by atoms with van der Waals surface area (Å²) < 4.78 is 0. The molecule has 3 nitrogen and oxygen atoms in total. The zero-order chi connectivity index (χ0) is 24.3. The molecule has 0 radical (unpaired) electrons. The first-order valence-corrected chi connectivity index (χ1v) is 11.3. The summed E-state index contributed by atoms with van der Waals surface area (Å²) in [5.74, 6) is -0.0625. The largest absolute Gasteiger partial charge is 0.512 e. The first kappa shape index (κ1) is 26.3. The Kier molecular flexibility index (Phi) is 8.25. The number of carbonyl (C=O) groups is 1. The van der Waals surface area contributed by atoms with E-state index in [2.05, 4.69) is 86.6 Å². The monoisotopic (exact) mass is 641 g/mol. The Morgan fingerprint density at radius 1 is 0.857 bits per heavy atom. The Hall–Kier alpha value is -3.29. The van der Waals surface area contributed by atoms with Crippen molar-refractivity contribution in [3.05, 3.63) is 136 Å². The predicted molar refractivity (Wildman–Crippen MR) is 137 cm³/mol. The number of carbonyl (C=O) groups excluding carboxylic acids is 1. The average Bonchev–Trinajstić information content (AvgIpc) is 3.11. The zero-order valence-electron chi connectivity index (χ0n) is 20.3. The van der Waals surface area contributed by atoms with Crippen LogP contribution >= 0.6 is 0 Å². The van der Waals surface area contributed by atoms with Crippen molar-refractivity contribution >= 4 is 5.78 Å². The molecular formula is C31H28NO2Pt-. The molecule has 0 fully saturated rings. The number of aliphatic hydroxyl groups is 1. The van der Waals surface area contributed by atoms with Crippen molar-refractivity contribution in [3.63, 3.8) is 0 Å². The van der Waals surface area contributed by atoms with E-state index in [0.717, 1.165) is 11.3 Å². The van der Waals surface area contributed by atoms with Gasteiger partial charge in [0, 0.05) is 38.8 Å². The summed E-state index contributed by atoms with van der Waals surface area (Å²) in [5.41, 5.74) is 9.33. The molecule has 1 heterocycles. The smallest absolute Gasteiger partial charge is 0.155 e. The zero-order valence-corrected chi connectivity index (χ0v) is 22.6. The van der Waals surface area contributed by atoms with Gasteiger partial charge in [-0.15, -0.1) is 35.4 Å². The van der Waals surface area contributed by atoms with Gasteiger partial charge >= 0.3 is 0 Å². The van der Waals surface area contributed by atoms with Crippen LogP contribution in [0.25, 0.3) is 11.3 Å². The standard InChI is InChI=1S/C26H20N.C5H8O2.Pt/c1-18-9-13-20(14-10-18)26(21-15-11-19(2)12-16-21)23-7-4-3-6-22(23)25-24(26)8-5-17-27-25;1-4(6)3-5(2)7;/h3-5,7-17H,1-2H3;3,6H,1-2H3;/q-1;;/b;4-3-;. The number of aromatic nitrogens is 1. The molecule has 180 valence electrons. The van der Waals surface area contributed by atoms with E-state index in [4.69, 9.17) is 10.1 Å². The minimum Gasteiger partial charge on any atom is -0.512 e. The summed E-state index contributed by atoms with van der Waals surface area (Å²) in [6, 6.07) is 31.9. The Bertz CT molecular complexity index is 1260. The molecule has 4 aromatic rings. The minimum absolute atomic E-state index is 0. The second kappa shape index (κ2) is 11.0. The van der Waals surface area contributed by atoms with E-state index in [1.165, 1.54) is 53.3 Å². The first-order valence-electron chi connectivity index (χ1n) is 11.3. The number of benzene rings is 3. The van der Waals surface area contributed by atoms with Gasteiger partial charge in [0.1, 0.15) is 0 Å². The van der Waals surface area contributed by atoms with Crippen molar-refractivity contribution in [2.75, 3.05) is 0 Å². The fourth-order valence-electron chi connectivity index (χ4n) is 4.69. The van der Waals surface area contributed by atoms with E-state index in [0.29, 0.717) is 0 Å². The van der Waals surface area contributed by atoms with Crippen LogP contribution < -0.4 is 0 Å². The molecule has 0 unspecified atom stereocenters. The Labute approximate surface area is 221 Å². The average molecular weight is 642 g/mol. The van der Waals surface area contributed by atoms with E-state index >= 15 is 0 Å². The summed E-state index contributed by atoms with van der Waals surface area (Å²) in [6.45, 7) is 7.11. The molecule has 5 rings (SSSR count). The summed E-state index contributed by atoms with van der Waals surface area (Å²) in [7, 11) is 0. The molecule has 0 aliphatic heterocycles. The van der Waals surface area contributed by atoms with Gasteiger partial charge in [-0.05, 0) is 50.6 Å². The van der Waals surface area contributed by atoms with Crippen LogP contribution in [0.4, 0.5) is 0 Å². The van der Waals surface area contributed by atoms with Crippen molar-refractivity contribution in [1.82, 2.24) is 4.98 Å². The van der Waals surface area contributed by atoms with Crippen LogP contribution in [0, 0.1) is 19.9 Å². The molecular weight excluding hydrogens is 613 g/mol. The summed E-state index contributed by atoms with van der Waals surface area (Å²) in [6.07, 6.45) is 3.05. The van der Waals surface area contributed by atoms with Gasteiger partial charge in [-0.1, -0.05) is 71.3 Å². The number of hydrogen-bond acceptors (Lipinski definition) is 3. The molecule has 0 saturated carbocycles. The van der Waals surface area contributed by atoms with Crippen LogP contribution in [0.1, 0.15) is 47.2 Å². The molecule has 1 aromatic heterocycles. The summed E-state index contributed by atoms with van der Waals surface area (Å²) in [4.78, 5) is 14.8. The van der Waals surface area contributed by atoms with Crippen molar-refractivity contribution in [2.45, 2.75) is 33.1 Å². The molecule has 3 aromatic carbocycles. The van der Waals surface area contributed by atoms with Crippen LogP contribution in [0.15, 0.2) is 96.9 Å². The number of pyridine rings is 1. The van der Waals surface area contributed by atoms with Gasteiger partial charge in [-0.25, -0.2) is 0 Å². The van der Waals surface area contributed by atoms with Crippen LogP contribution in [0.5, 0.6) is 0 Å². The van der Waals surface area contributed by atoms with Gasteiger partial charge in [-0.3, -0.25) is 4.79 Å². The van der Waals surface area contributed by atoms with Crippen molar-refractivity contribution in [3.8, 4) is 11.3 Å². The maximum absolute atomic E-state index is 10.0. The van der Waals surface area contributed by atoms with Crippen molar-refractivity contribution in [2.24, 2.45) is 0 Å². The van der Waals surface area contributed by atoms with E-state index in [1.807, 2.05) is 18.3 Å². The molecule has 1 N–H and O–H groups in total. The molecule has 0 spiro atoms. The van der Waals surface area contributed by atoms with Gasteiger partial charge in [0.25, 0.3) is 0 Å². The normalized spacial score (nSPS) is 13.0. The molecule has 1 aliphatic carbocycles. The molecule has 1 aliphatic rings. The second-order valence-electron chi connectivity index (χ2n) is 8.74. The number of allylic oxidation sites excluding steroid dienone is 2. The predicted octanol–water partition coefficient (Wildman–Crippen LogP) is 6.90. The number of aliphatic hydroxyl groups excluding tert-OH is 1. The molecule has 0 bridgehead atoms.